The van der Waals surface area contributed by atoms with E-state index in [0.29, 0.717) is 44.9 Å². The Bertz CT molecular complexity index is 1020. The van der Waals surface area contributed by atoms with E-state index in [-0.39, 0.29) is 88.0 Å². The van der Waals surface area contributed by atoms with Gasteiger partial charge in [-0.1, -0.05) is 104 Å². The maximum atomic E-state index is 12.4. The molecule has 0 unspecified atom stereocenters. The summed E-state index contributed by atoms with van der Waals surface area (Å²) in [5.74, 6) is -1.98. The molecule has 0 fully saturated rings. The minimum Gasteiger partial charge on any atom is -0.481 e. The predicted molar refractivity (Wildman–Crippen MR) is 214 cm³/mol. The van der Waals surface area contributed by atoms with Crippen LogP contribution >= 0.6 is 0 Å². The van der Waals surface area contributed by atoms with Crippen molar-refractivity contribution in [1.82, 2.24) is 5.32 Å². The molecular weight excluding hydrogens is 706 g/mol. The Morgan fingerprint density at radius 2 is 0.964 bits per heavy atom. The van der Waals surface area contributed by atoms with Gasteiger partial charge in [-0.25, -0.2) is 0 Å². The number of hydrogen-bond acceptors (Lipinski definition) is 10. The summed E-state index contributed by atoms with van der Waals surface area (Å²) >= 11 is 0. The lowest BCUT2D eigenvalue weighted by Gasteiger charge is -2.12. The summed E-state index contributed by atoms with van der Waals surface area (Å²) in [6, 6.07) is 0. The first-order chi connectivity index (χ1) is 26.5. The van der Waals surface area contributed by atoms with E-state index in [1.165, 1.54) is 77.0 Å². The van der Waals surface area contributed by atoms with Gasteiger partial charge in [0, 0.05) is 51.2 Å². The van der Waals surface area contributed by atoms with Gasteiger partial charge < -0.3 is 34.2 Å². The number of rotatable bonds is 43. The summed E-state index contributed by atoms with van der Waals surface area (Å²) in [5, 5.41) is 12.3. The molecule has 0 bridgehead atoms. The maximum absolute atomic E-state index is 12.4. The first-order valence-electron chi connectivity index (χ1n) is 21.4. The fourth-order valence-electron chi connectivity index (χ4n) is 5.93. The van der Waals surface area contributed by atoms with Crippen LogP contribution in [-0.2, 0) is 47.7 Å². The first-order valence-corrected chi connectivity index (χ1v) is 21.4. The van der Waals surface area contributed by atoms with E-state index < -0.39 is 11.9 Å². The molecule has 0 saturated heterocycles. The van der Waals surface area contributed by atoms with Crippen LogP contribution in [0.3, 0.4) is 0 Å². The molecule has 2 N–H and O–H groups in total. The number of ketones is 4. The van der Waals surface area contributed by atoms with Crippen LogP contribution < -0.4 is 5.32 Å². The van der Waals surface area contributed by atoms with Crippen LogP contribution in [0.2, 0.25) is 0 Å². The van der Waals surface area contributed by atoms with E-state index in [4.69, 9.17) is 18.9 Å². The molecular formula is C43H77NO11. The Labute approximate surface area is 332 Å². The minimum absolute atomic E-state index is 0.0115. The van der Waals surface area contributed by atoms with Crippen LogP contribution in [0.25, 0.3) is 0 Å². The Morgan fingerprint density at radius 1 is 0.509 bits per heavy atom. The summed E-state index contributed by atoms with van der Waals surface area (Å²) in [7, 11) is 0. The van der Waals surface area contributed by atoms with Crippen molar-refractivity contribution in [2.75, 3.05) is 59.4 Å². The minimum atomic E-state index is -1.05. The molecule has 0 aromatic heterocycles. The fraction of sp³-hybridized carbons (Fsp3) is 0.860. The van der Waals surface area contributed by atoms with Gasteiger partial charge in [0.25, 0.3) is 0 Å². The number of Topliss-reactive ketones (excluding diaryl/α,β-unsaturated/α-hetero) is 4. The molecule has 1 atom stereocenters. The van der Waals surface area contributed by atoms with E-state index in [1.807, 2.05) is 13.8 Å². The summed E-state index contributed by atoms with van der Waals surface area (Å²) < 4.78 is 21.4. The Balaban J connectivity index is 3.64. The Kier molecular flexibility index (Phi) is 36.6. The molecule has 12 nitrogen and oxygen atoms in total. The van der Waals surface area contributed by atoms with Gasteiger partial charge in [0.2, 0.25) is 5.91 Å². The standard InChI is InChI=1S/C43H77NO11/c1-36(2)41(48)35-55-32-29-52-27-20-23-40(47)34-54-31-30-53-28-26-44-42(49)25-24-38(43(50)51)33-39(46)22-19-17-15-13-11-9-7-5-4-6-8-10-12-14-16-18-21-37(3)45/h36,38H,4-35H2,1-3H3,(H,44,49)(H,50,51)/t38-/m1/s1. The normalized spacial score (nSPS) is 11.9. The highest BCUT2D eigenvalue weighted by molar-refractivity contribution is 5.84. The van der Waals surface area contributed by atoms with E-state index in [0.717, 1.165) is 32.1 Å². The van der Waals surface area contributed by atoms with Crippen molar-refractivity contribution in [2.24, 2.45) is 11.8 Å². The van der Waals surface area contributed by atoms with Crippen LogP contribution in [-0.4, -0.2) is 99.5 Å². The number of ether oxygens (including phenoxy) is 4. The summed E-state index contributed by atoms with van der Waals surface area (Å²) in [6.45, 7) is 7.55. The lowest BCUT2D eigenvalue weighted by molar-refractivity contribution is -0.144. The molecule has 0 saturated carbocycles. The second-order valence-electron chi connectivity index (χ2n) is 15.1. The van der Waals surface area contributed by atoms with Gasteiger partial charge >= 0.3 is 5.97 Å². The molecule has 55 heavy (non-hydrogen) atoms. The number of nitrogens with one attached hydrogen (secondary N) is 1. The van der Waals surface area contributed by atoms with Crippen LogP contribution in [0.1, 0.15) is 168 Å². The number of unbranched alkanes of at least 4 members (excludes halogenated alkanes) is 15. The van der Waals surface area contributed by atoms with Gasteiger partial charge in [-0.3, -0.25) is 24.0 Å². The topological polar surface area (TPSA) is 172 Å². The van der Waals surface area contributed by atoms with Crippen LogP contribution in [0.15, 0.2) is 0 Å². The Morgan fingerprint density at radius 3 is 1.47 bits per heavy atom. The summed E-state index contributed by atoms with van der Waals surface area (Å²) in [6.07, 6.45) is 21.2. The van der Waals surface area contributed by atoms with Crippen molar-refractivity contribution < 1.29 is 52.8 Å². The zero-order valence-electron chi connectivity index (χ0n) is 34.8. The number of carboxylic acids is 1. The average Bonchev–Trinajstić information content (AvgIpc) is 3.14. The highest BCUT2D eigenvalue weighted by Crippen LogP contribution is 2.17. The summed E-state index contributed by atoms with van der Waals surface area (Å²) in [5.41, 5.74) is 0. The van der Waals surface area contributed by atoms with E-state index in [1.54, 1.807) is 6.92 Å². The van der Waals surface area contributed by atoms with Crippen molar-refractivity contribution in [3.63, 3.8) is 0 Å². The number of carbonyl (C=O) groups is 6. The van der Waals surface area contributed by atoms with Gasteiger partial charge in [-0.05, 0) is 32.6 Å². The molecule has 0 aromatic rings. The van der Waals surface area contributed by atoms with Gasteiger partial charge in [-0.15, -0.1) is 0 Å². The monoisotopic (exact) mass is 784 g/mol. The number of hydrogen-bond donors (Lipinski definition) is 2. The maximum Gasteiger partial charge on any atom is 0.306 e. The van der Waals surface area contributed by atoms with Crippen molar-refractivity contribution in [1.29, 1.82) is 0 Å². The average molecular weight is 784 g/mol. The zero-order valence-corrected chi connectivity index (χ0v) is 34.8. The van der Waals surface area contributed by atoms with Crippen molar-refractivity contribution >= 4 is 35.0 Å². The quantitative estimate of drug-likeness (QED) is 0.0579. The van der Waals surface area contributed by atoms with Crippen molar-refractivity contribution in [3.05, 3.63) is 0 Å². The van der Waals surface area contributed by atoms with Gasteiger partial charge in [0.05, 0.1) is 39.0 Å². The fourth-order valence-corrected chi connectivity index (χ4v) is 5.93. The van der Waals surface area contributed by atoms with Crippen LogP contribution in [0.4, 0.5) is 0 Å². The third-order valence-corrected chi connectivity index (χ3v) is 9.49. The number of amides is 1. The zero-order chi connectivity index (χ0) is 40.8. The SMILES string of the molecule is CC(=O)CCCCCCCCCCCCCCCCCCC(=O)C[C@@H](CCC(=O)NCCOCCOCC(=O)CCCOCCOCC(=O)C(C)C)C(=O)O. The second kappa shape index (κ2) is 38.3. The molecule has 0 radical (unpaired) electrons. The molecule has 0 heterocycles. The molecule has 0 spiro atoms. The lowest BCUT2D eigenvalue weighted by atomic mass is 9.94. The van der Waals surface area contributed by atoms with Gasteiger partial charge in [0.15, 0.2) is 11.6 Å². The smallest absolute Gasteiger partial charge is 0.306 e. The molecule has 0 aliphatic rings. The molecule has 0 aromatic carbocycles. The van der Waals surface area contributed by atoms with Crippen LogP contribution in [0, 0.1) is 11.8 Å². The predicted octanol–water partition coefficient (Wildman–Crippen LogP) is 7.79. The molecule has 12 heteroatoms. The molecule has 0 aliphatic carbocycles. The lowest BCUT2D eigenvalue weighted by Crippen LogP contribution is -2.29. The second-order valence-corrected chi connectivity index (χ2v) is 15.1. The van der Waals surface area contributed by atoms with Crippen LogP contribution in [0.5, 0.6) is 0 Å². The number of aliphatic carboxylic acids is 1. The largest absolute Gasteiger partial charge is 0.481 e. The molecule has 0 aliphatic heterocycles. The molecule has 320 valence electrons. The van der Waals surface area contributed by atoms with Gasteiger partial charge in [0.1, 0.15) is 24.8 Å². The van der Waals surface area contributed by atoms with Gasteiger partial charge in [-0.2, -0.15) is 0 Å². The highest BCUT2D eigenvalue weighted by Gasteiger charge is 2.22. The van der Waals surface area contributed by atoms with E-state index in [2.05, 4.69) is 5.32 Å². The van der Waals surface area contributed by atoms with Crippen molar-refractivity contribution in [3.8, 4) is 0 Å². The third-order valence-electron chi connectivity index (χ3n) is 9.49. The Hall–Kier alpha value is -2.54. The molecule has 1 amide bonds. The summed E-state index contributed by atoms with van der Waals surface area (Å²) in [4.78, 5) is 70.7. The number of carboxylic acid groups (broad SMARTS) is 1. The number of carbonyl (C=O) groups excluding carboxylic acids is 5. The van der Waals surface area contributed by atoms with Crippen molar-refractivity contribution in [2.45, 2.75) is 168 Å². The van der Waals surface area contributed by atoms with E-state index in [9.17, 15) is 33.9 Å². The molecule has 0 rings (SSSR count). The highest BCUT2D eigenvalue weighted by atomic mass is 16.5. The first kappa shape index (κ1) is 52.5. The van der Waals surface area contributed by atoms with E-state index >= 15 is 0 Å². The third kappa shape index (κ3) is 38.1.